The maximum atomic E-state index is 11.3. The molecule has 0 aromatic carbocycles. The van der Waals surface area contributed by atoms with Gasteiger partial charge in [0.1, 0.15) is 0 Å². The summed E-state index contributed by atoms with van der Waals surface area (Å²) in [7, 11) is 0. The fraction of sp³-hybridized carbons (Fsp3) is 0.556. The molecule has 1 aromatic heterocycles. The highest BCUT2D eigenvalue weighted by atomic mass is 16.3. The Balaban J connectivity index is 3.28. The van der Waals surface area contributed by atoms with E-state index in [-0.39, 0.29) is 17.8 Å². The average Bonchev–Trinajstić information content (AvgIpc) is 2.03. The van der Waals surface area contributed by atoms with Gasteiger partial charge in [0.25, 0.3) is 0 Å². The van der Waals surface area contributed by atoms with Crippen molar-refractivity contribution >= 4 is 0 Å². The van der Waals surface area contributed by atoms with Crippen molar-refractivity contribution in [3.8, 4) is 0 Å². The second kappa shape index (κ2) is 3.30. The van der Waals surface area contributed by atoms with Gasteiger partial charge in [-0.2, -0.15) is 0 Å². The van der Waals surface area contributed by atoms with Crippen molar-refractivity contribution in [2.75, 3.05) is 0 Å². The third kappa shape index (κ3) is 2.15. The highest BCUT2D eigenvalue weighted by molar-refractivity contribution is 5.03. The highest BCUT2D eigenvalue weighted by Crippen LogP contribution is 2.10. The zero-order chi connectivity index (χ0) is 10.1. The van der Waals surface area contributed by atoms with E-state index in [0.29, 0.717) is 5.56 Å². The van der Waals surface area contributed by atoms with Crippen molar-refractivity contribution < 1.29 is 5.11 Å². The van der Waals surface area contributed by atoms with E-state index in [1.165, 1.54) is 10.8 Å². The minimum Gasteiger partial charge on any atom is -0.392 e. The minimum absolute atomic E-state index is 0.0939. The quantitative estimate of drug-likeness (QED) is 0.687. The summed E-state index contributed by atoms with van der Waals surface area (Å²) in [6, 6.07) is 0. The van der Waals surface area contributed by atoms with Gasteiger partial charge in [-0.1, -0.05) is 0 Å². The molecule has 0 amide bonds. The number of aliphatic hydroxyl groups excluding tert-OH is 1. The summed E-state index contributed by atoms with van der Waals surface area (Å²) in [5.74, 6) is 0. The number of hydrogen-bond acceptors (Lipinski definition) is 3. The smallest absolute Gasteiger partial charge is 0.348 e. The van der Waals surface area contributed by atoms with Crippen LogP contribution in [-0.4, -0.2) is 14.7 Å². The molecule has 4 heteroatoms. The number of hydrogen-bond donors (Lipinski definition) is 1. The fourth-order valence-electron chi connectivity index (χ4n) is 1.02. The zero-order valence-electron chi connectivity index (χ0n) is 8.11. The van der Waals surface area contributed by atoms with Crippen molar-refractivity contribution in [1.29, 1.82) is 0 Å². The number of nitrogens with zero attached hydrogens (tertiary/aromatic N) is 2. The first-order valence-corrected chi connectivity index (χ1v) is 4.14. The van der Waals surface area contributed by atoms with Crippen LogP contribution < -0.4 is 5.69 Å². The molecule has 1 heterocycles. The molecule has 0 unspecified atom stereocenters. The summed E-state index contributed by atoms with van der Waals surface area (Å²) >= 11 is 0. The Kier molecular flexibility index (Phi) is 2.52. The Morgan fingerprint density at radius 3 is 2.62 bits per heavy atom. The van der Waals surface area contributed by atoms with Gasteiger partial charge < -0.3 is 5.11 Å². The van der Waals surface area contributed by atoms with Gasteiger partial charge in [-0.15, -0.1) is 0 Å². The van der Waals surface area contributed by atoms with E-state index in [1.807, 2.05) is 20.8 Å². The third-order valence-electron chi connectivity index (χ3n) is 1.75. The van der Waals surface area contributed by atoms with Gasteiger partial charge in [-0.05, 0) is 20.8 Å². The van der Waals surface area contributed by atoms with Crippen LogP contribution in [0.2, 0.25) is 0 Å². The molecule has 0 atom stereocenters. The Morgan fingerprint density at radius 2 is 2.15 bits per heavy atom. The van der Waals surface area contributed by atoms with Gasteiger partial charge in [0.15, 0.2) is 0 Å². The Labute approximate surface area is 76.9 Å². The standard InChI is InChI=1S/C9H14N2O2/c1-9(2,3)11-5-7(6-12)4-10-8(11)13/h4-5,12H,6H2,1-3H3. The van der Waals surface area contributed by atoms with Crippen LogP contribution in [-0.2, 0) is 12.1 Å². The molecule has 4 nitrogen and oxygen atoms in total. The van der Waals surface area contributed by atoms with Crippen molar-refractivity contribution in [2.24, 2.45) is 0 Å². The molecular weight excluding hydrogens is 168 g/mol. The molecule has 1 rings (SSSR count). The van der Waals surface area contributed by atoms with Crippen molar-refractivity contribution in [1.82, 2.24) is 9.55 Å². The molecule has 1 N–H and O–H groups in total. The van der Waals surface area contributed by atoms with Crippen molar-refractivity contribution in [2.45, 2.75) is 32.9 Å². The van der Waals surface area contributed by atoms with Crippen LogP contribution in [0.4, 0.5) is 0 Å². The normalized spacial score (nSPS) is 11.7. The van der Waals surface area contributed by atoms with Gasteiger partial charge in [0, 0.05) is 23.5 Å². The highest BCUT2D eigenvalue weighted by Gasteiger charge is 2.14. The summed E-state index contributed by atoms with van der Waals surface area (Å²) in [4.78, 5) is 15.0. The Bertz CT molecular complexity index is 349. The maximum absolute atomic E-state index is 11.3. The average molecular weight is 182 g/mol. The Hall–Kier alpha value is -1.16. The van der Waals surface area contributed by atoms with E-state index in [2.05, 4.69) is 4.98 Å². The molecule has 0 radical (unpaired) electrons. The first kappa shape index (κ1) is 9.92. The van der Waals surface area contributed by atoms with Gasteiger partial charge >= 0.3 is 5.69 Å². The molecule has 0 saturated carbocycles. The first-order chi connectivity index (χ1) is 5.95. The molecule has 13 heavy (non-hydrogen) atoms. The molecule has 0 aliphatic heterocycles. The number of rotatable bonds is 1. The molecule has 0 spiro atoms. The third-order valence-corrected chi connectivity index (χ3v) is 1.75. The summed E-state index contributed by atoms with van der Waals surface area (Å²) in [6.07, 6.45) is 3.03. The van der Waals surface area contributed by atoms with Gasteiger partial charge in [-0.3, -0.25) is 4.57 Å². The van der Waals surface area contributed by atoms with E-state index in [1.54, 1.807) is 6.20 Å². The monoisotopic (exact) mass is 182 g/mol. The summed E-state index contributed by atoms with van der Waals surface area (Å²) < 4.78 is 1.51. The first-order valence-electron chi connectivity index (χ1n) is 4.14. The van der Waals surface area contributed by atoms with E-state index >= 15 is 0 Å². The molecule has 0 aliphatic rings. The van der Waals surface area contributed by atoms with Crippen LogP contribution in [0, 0.1) is 0 Å². The molecular formula is C9H14N2O2. The second-order valence-corrected chi connectivity index (χ2v) is 3.94. The second-order valence-electron chi connectivity index (χ2n) is 3.94. The lowest BCUT2D eigenvalue weighted by Gasteiger charge is -2.21. The molecule has 0 saturated heterocycles. The fourth-order valence-corrected chi connectivity index (χ4v) is 1.02. The lowest BCUT2D eigenvalue weighted by molar-refractivity contribution is 0.277. The van der Waals surface area contributed by atoms with Crippen molar-refractivity contribution in [3.05, 3.63) is 28.4 Å². The van der Waals surface area contributed by atoms with Gasteiger partial charge in [0.2, 0.25) is 0 Å². The molecule has 1 aromatic rings. The largest absolute Gasteiger partial charge is 0.392 e. The maximum Gasteiger partial charge on any atom is 0.348 e. The van der Waals surface area contributed by atoms with Crippen LogP contribution in [0.3, 0.4) is 0 Å². The number of aliphatic hydroxyl groups is 1. The van der Waals surface area contributed by atoms with E-state index in [0.717, 1.165) is 0 Å². The van der Waals surface area contributed by atoms with Crippen LogP contribution in [0.15, 0.2) is 17.2 Å². The van der Waals surface area contributed by atoms with E-state index in [9.17, 15) is 4.79 Å². The zero-order valence-corrected chi connectivity index (χ0v) is 8.11. The SMILES string of the molecule is CC(C)(C)n1cc(CO)cnc1=O. The minimum atomic E-state index is -0.296. The van der Waals surface area contributed by atoms with Crippen LogP contribution in [0.5, 0.6) is 0 Å². The lowest BCUT2D eigenvalue weighted by Crippen LogP contribution is -2.35. The van der Waals surface area contributed by atoms with Crippen molar-refractivity contribution in [3.63, 3.8) is 0 Å². The Morgan fingerprint density at radius 1 is 1.54 bits per heavy atom. The predicted octanol–water partition coefficient (Wildman–Crippen LogP) is 0.491. The molecule has 72 valence electrons. The topological polar surface area (TPSA) is 55.1 Å². The van der Waals surface area contributed by atoms with Crippen LogP contribution in [0.25, 0.3) is 0 Å². The summed E-state index contributed by atoms with van der Waals surface area (Å²) in [6.45, 7) is 5.65. The van der Waals surface area contributed by atoms with Gasteiger partial charge in [-0.25, -0.2) is 9.78 Å². The molecule has 0 bridgehead atoms. The van der Waals surface area contributed by atoms with Crippen LogP contribution >= 0.6 is 0 Å². The predicted molar refractivity (Wildman–Crippen MR) is 49.4 cm³/mol. The van der Waals surface area contributed by atoms with Gasteiger partial charge in [0.05, 0.1) is 6.61 Å². The van der Waals surface area contributed by atoms with Crippen LogP contribution in [0.1, 0.15) is 26.3 Å². The molecule has 0 aliphatic carbocycles. The van der Waals surface area contributed by atoms with E-state index in [4.69, 9.17) is 5.11 Å². The molecule has 0 fully saturated rings. The lowest BCUT2D eigenvalue weighted by atomic mass is 10.1. The van der Waals surface area contributed by atoms with E-state index < -0.39 is 0 Å². The summed E-state index contributed by atoms with van der Waals surface area (Å²) in [5, 5.41) is 8.86. The summed E-state index contributed by atoms with van der Waals surface area (Å²) in [5.41, 5.74) is 0.0640. The number of aromatic nitrogens is 2.